The highest BCUT2D eigenvalue weighted by molar-refractivity contribution is 6.38. The number of H-pyrrole nitrogens is 1. The maximum Gasteiger partial charge on any atom is 0.289 e. The number of aromatic nitrogens is 1. The molecule has 4 amide bonds. The summed E-state index contributed by atoms with van der Waals surface area (Å²) in [5.41, 5.74) is 1.11. The molecule has 2 aliphatic carbocycles. The number of rotatable bonds is 12. The quantitative estimate of drug-likeness (QED) is 0.257. The average molecular weight is 552 g/mol. The molecule has 2 fully saturated rings. The monoisotopic (exact) mass is 551 g/mol. The molecule has 1 aromatic carbocycles. The fourth-order valence-corrected chi connectivity index (χ4v) is 5.66. The van der Waals surface area contributed by atoms with Crippen LogP contribution in [0.5, 0.6) is 0 Å². The number of hydrogen-bond acceptors (Lipinski definition) is 5. The second-order valence-electron chi connectivity index (χ2n) is 11.1. The van der Waals surface area contributed by atoms with E-state index < -0.39 is 29.5 Å². The molecule has 1 aromatic heterocycles. The minimum absolute atomic E-state index is 0.00403. The van der Waals surface area contributed by atoms with E-state index in [1.807, 2.05) is 24.3 Å². The fourth-order valence-electron chi connectivity index (χ4n) is 5.66. The first kappa shape index (κ1) is 29.3. The first-order chi connectivity index (χ1) is 19.4. The van der Waals surface area contributed by atoms with Crippen molar-refractivity contribution in [2.24, 2.45) is 5.92 Å². The van der Waals surface area contributed by atoms with Gasteiger partial charge in [-0.05, 0) is 50.2 Å². The SMILES string of the molecule is O=C(CCC(NC(=O)CNC(=O)c1cc2ccccc2[nH]1)C(=O)C(=O)NCC1CCCCC1)NC1CCCCC1. The van der Waals surface area contributed by atoms with Crippen LogP contribution in [0.1, 0.15) is 87.5 Å². The Bertz CT molecular complexity index is 1160. The standard InChI is InChI=1S/C30H41N5O5/c36-26(33-22-12-5-2-6-13-22)16-15-24(28(38)30(40)31-18-20-9-3-1-4-10-20)35-27(37)19-32-29(39)25-17-21-11-7-8-14-23(21)34-25/h7-8,11,14,17,20,22,24,34H,1-6,9-10,12-13,15-16,18-19H2,(H,31,40)(H,32,39)(H,33,36)(H,35,37). The Morgan fingerprint density at radius 2 is 1.55 bits per heavy atom. The summed E-state index contributed by atoms with van der Waals surface area (Å²) < 4.78 is 0. The zero-order valence-electron chi connectivity index (χ0n) is 23.1. The molecular weight excluding hydrogens is 510 g/mol. The molecule has 0 saturated heterocycles. The van der Waals surface area contributed by atoms with Gasteiger partial charge in [-0.25, -0.2) is 0 Å². The smallest absolute Gasteiger partial charge is 0.289 e. The first-order valence-corrected chi connectivity index (χ1v) is 14.7. The lowest BCUT2D eigenvalue weighted by molar-refractivity contribution is -0.140. The van der Waals surface area contributed by atoms with Crippen molar-refractivity contribution in [2.75, 3.05) is 13.1 Å². The molecule has 1 heterocycles. The van der Waals surface area contributed by atoms with E-state index in [2.05, 4.69) is 26.3 Å². The van der Waals surface area contributed by atoms with Crippen LogP contribution in [0.3, 0.4) is 0 Å². The Balaban J connectivity index is 1.31. The number of para-hydroxylation sites is 1. The molecule has 0 bridgehead atoms. The van der Waals surface area contributed by atoms with Gasteiger partial charge in [-0.3, -0.25) is 24.0 Å². The molecule has 216 valence electrons. The van der Waals surface area contributed by atoms with Gasteiger partial charge >= 0.3 is 0 Å². The van der Waals surface area contributed by atoms with E-state index >= 15 is 0 Å². The molecule has 0 radical (unpaired) electrons. The Kier molecular flexibility index (Phi) is 10.7. The molecular formula is C30H41N5O5. The van der Waals surface area contributed by atoms with E-state index in [-0.39, 0.29) is 31.3 Å². The lowest BCUT2D eigenvalue weighted by atomic mass is 9.89. The molecule has 10 heteroatoms. The van der Waals surface area contributed by atoms with Gasteiger partial charge in [-0.1, -0.05) is 56.7 Å². The van der Waals surface area contributed by atoms with Crippen LogP contribution in [0, 0.1) is 5.92 Å². The molecule has 10 nitrogen and oxygen atoms in total. The molecule has 2 saturated carbocycles. The minimum Gasteiger partial charge on any atom is -0.353 e. The summed E-state index contributed by atoms with van der Waals surface area (Å²) in [5.74, 6) is -2.47. The number of nitrogens with one attached hydrogen (secondary N) is 5. The van der Waals surface area contributed by atoms with Crippen molar-refractivity contribution in [2.45, 2.75) is 89.1 Å². The van der Waals surface area contributed by atoms with Gasteiger partial charge in [-0.2, -0.15) is 0 Å². The molecule has 0 aliphatic heterocycles. The number of ketones is 1. The summed E-state index contributed by atoms with van der Waals surface area (Å²) in [6.07, 6.45) is 10.7. The number of aromatic amines is 1. The van der Waals surface area contributed by atoms with Gasteiger partial charge in [0, 0.05) is 29.9 Å². The van der Waals surface area contributed by atoms with Crippen molar-refractivity contribution in [3.05, 3.63) is 36.0 Å². The fraction of sp³-hybridized carbons (Fsp3) is 0.567. The highest BCUT2D eigenvalue weighted by Crippen LogP contribution is 2.23. The normalized spacial score (nSPS) is 17.1. The summed E-state index contributed by atoms with van der Waals surface area (Å²) in [6, 6.07) is 8.09. The van der Waals surface area contributed by atoms with E-state index in [0.29, 0.717) is 18.2 Å². The van der Waals surface area contributed by atoms with E-state index in [4.69, 9.17) is 0 Å². The second kappa shape index (κ2) is 14.6. The lowest BCUT2D eigenvalue weighted by Gasteiger charge is -2.24. The zero-order valence-corrected chi connectivity index (χ0v) is 23.1. The molecule has 5 N–H and O–H groups in total. The number of carbonyl (C=O) groups excluding carboxylic acids is 5. The van der Waals surface area contributed by atoms with Gasteiger partial charge in [0.25, 0.3) is 11.8 Å². The molecule has 2 aromatic rings. The third-order valence-corrected chi connectivity index (χ3v) is 7.97. The van der Waals surface area contributed by atoms with Crippen LogP contribution in [0.25, 0.3) is 10.9 Å². The summed E-state index contributed by atoms with van der Waals surface area (Å²) in [4.78, 5) is 66.7. The Morgan fingerprint density at radius 1 is 0.850 bits per heavy atom. The van der Waals surface area contributed by atoms with E-state index in [1.54, 1.807) is 6.07 Å². The minimum atomic E-state index is -1.17. The summed E-state index contributed by atoms with van der Waals surface area (Å²) in [6.45, 7) is 0.0455. The third kappa shape index (κ3) is 8.66. The number of Topliss-reactive ketones (excluding diaryl/α,β-unsaturated/α-hetero) is 1. The van der Waals surface area contributed by atoms with Gasteiger partial charge in [0.2, 0.25) is 17.6 Å². The van der Waals surface area contributed by atoms with Crippen LogP contribution >= 0.6 is 0 Å². The third-order valence-electron chi connectivity index (χ3n) is 7.97. The molecule has 4 rings (SSSR count). The van der Waals surface area contributed by atoms with Gasteiger partial charge < -0.3 is 26.3 Å². The average Bonchev–Trinajstić information content (AvgIpc) is 3.42. The molecule has 2 aliphatic rings. The highest BCUT2D eigenvalue weighted by atomic mass is 16.2. The van der Waals surface area contributed by atoms with Gasteiger partial charge in [0.15, 0.2) is 0 Å². The van der Waals surface area contributed by atoms with Crippen molar-refractivity contribution in [1.29, 1.82) is 0 Å². The number of hydrogen-bond donors (Lipinski definition) is 5. The van der Waals surface area contributed by atoms with Crippen LogP contribution in [0.15, 0.2) is 30.3 Å². The lowest BCUT2D eigenvalue weighted by Crippen LogP contribution is -2.51. The van der Waals surface area contributed by atoms with Gasteiger partial charge in [0.1, 0.15) is 5.69 Å². The van der Waals surface area contributed by atoms with E-state index in [9.17, 15) is 24.0 Å². The largest absolute Gasteiger partial charge is 0.353 e. The maximum atomic E-state index is 13.1. The Morgan fingerprint density at radius 3 is 2.27 bits per heavy atom. The molecule has 0 spiro atoms. The Labute approximate surface area is 234 Å². The van der Waals surface area contributed by atoms with Crippen molar-refractivity contribution >= 4 is 40.3 Å². The van der Waals surface area contributed by atoms with Gasteiger partial charge in [0.05, 0.1) is 12.6 Å². The van der Waals surface area contributed by atoms with E-state index in [1.165, 1.54) is 12.8 Å². The van der Waals surface area contributed by atoms with Crippen molar-refractivity contribution in [1.82, 2.24) is 26.3 Å². The van der Waals surface area contributed by atoms with Crippen molar-refractivity contribution in [3.8, 4) is 0 Å². The number of benzene rings is 1. The van der Waals surface area contributed by atoms with Gasteiger partial charge in [-0.15, -0.1) is 0 Å². The second-order valence-corrected chi connectivity index (χ2v) is 11.1. The van der Waals surface area contributed by atoms with Crippen LogP contribution in [-0.4, -0.2) is 59.6 Å². The maximum absolute atomic E-state index is 13.1. The number of amides is 4. The summed E-state index contributed by atoms with van der Waals surface area (Å²) in [7, 11) is 0. The van der Waals surface area contributed by atoms with Crippen molar-refractivity contribution < 1.29 is 24.0 Å². The molecule has 1 unspecified atom stereocenters. The van der Waals surface area contributed by atoms with E-state index in [0.717, 1.165) is 62.3 Å². The zero-order chi connectivity index (χ0) is 28.3. The summed E-state index contributed by atoms with van der Waals surface area (Å²) >= 11 is 0. The summed E-state index contributed by atoms with van der Waals surface area (Å²) in [5, 5.41) is 11.7. The van der Waals surface area contributed by atoms with Crippen LogP contribution in [0.4, 0.5) is 0 Å². The van der Waals surface area contributed by atoms with Crippen LogP contribution < -0.4 is 21.3 Å². The topological polar surface area (TPSA) is 149 Å². The molecule has 40 heavy (non-hydrogen) atoms. The first-order valence-electron chi connectivity index (χ1n) is 14.7. The Hall–Kier alpha value is -3.69. The van der Waals surface area contributed by atoms with Crippen LogP contribution in [-0.2, 0) is 19.2 Å². The van der Waals surface area contributed by atoms with Crippen molar-refractivity contribution in [3.63, 3.8) is 0 Å². The highest BCUT2D eigenvalue weighted by Gasteiger charge is 2.29. The number of carbonyl (C=O) groups is 5. The molecule has 1 atom stereocenters. The number of fused-ring (bicyclic) bond motifs is 1. The predicted octanol–water partition coefficient (Wildman–Crippen LogP) is 2.88. The predicted molar refractivity (Wildman–Crippen MR) is 151 cm³/mol. The van der Waals surface area contributed by atoms with Crippen LogP contribution in [0.2, 0.25) is 0 Å².